The van der Waals surface area contributed by atoms with Crippen LogP contribution in [0.5, 0.6) is 0 Å². The molecule has 131 heavy (non-hydrogen) atoms. The van der Waals surface area contributed by atoms with Crippen LogP contribution in [0.1, 0.15) is 16.7 Å². The molecule has 0 aliphatic carbocycles. The van der Waals surface area contributed by atoms with Gasteiger partial charge in [-0.15, -0.1) is 113 Å². The number of anilines is 12. The van der Waals surface area contributed by atoms with Crippen LogP contribution in [0.4, 0.5) is 68.2 Å². The van der Waals surface area contributed by atoms with E-state index in [2.05, 4.69) is 476 Å². The smallest absolute Gasteiger partial charge is 0.346 e. The van der Waals surface area contributed by atoms with Gasteiger partial charge in [-0.1, -0.05) is 266 Å². The van der Waals surface area contributed by atoms with Crippen molar-refractivity contribution in [2.24, 2.45) is 0 Å². The Morgan fingerprint density at radius 1 is 0.183 bits per heavy atom. The molecule has 4 aromatic heterocycles. The molecule has 0 atom stereocenters. The first-order chi connectivity index (χ1) is 63.7. The summed E-state index contributed by atoms with van der Waals surface area (Å²) in [6, 6.07) is 171. The molecule has 0 aliphatic heterocycles. The minimum Gasteiger partial charge on any atom is -0.346 e. The first kappa shape index (κ1) is 86.2. The van der Waals surface area contributed by atoms with E-state index in [1.165, 1.54) is 32.7 Å². The zero-order valence-corrected chi connectivity index (χ0v) is 76.7. The van der Waals surface area contributed by atoms with Crippen molar-refractivity contribution in [3.05, 3.63) is 509 Å². The molecule has 21 aromatic rings. The van der Waals surface area contributed by atoms with Crippen molar-refractivity contribution in [2.45, 2.75) is 20.8 Å². The molecule has 4 heterocycles. The van der Waals surface area contributed by atoms with Gasteiger partial charge in [-0.05, 0) is 270 Å². The molecular formula is C121H86N8Pt2. The fourth-order valence-corrected chi connectivity index (χ4v) is 17.0. The maximum absolute atomic E-state index is 5.05. The third kappa shape index (κ3) is 19.1. The maximum Gasteiger partial charge on any atom is 2.00 e. The molecule has 0 amide bonds. The fourth-order valence-electron chi connectivity index (χ4n) is 17.0. The van der Waals surface area contributed by atoms with Crippen molar-refractivity contribution < 1.29 is 42.1 Å². The Labute approximate surface area is 795 Å². The van der Waals surface area contributed by atoms with E-state index < -0.39 is 0 Å². The predicted octanol–water partition coefficient (Wildman–Crippen LogP) is 32.3. The molecule has 0 N–H and O–H groups in total. The van der Waals surface area contributed by atoms with Gasteiger partial charge < -0.3 is 39.5 Å². The number of para-hydroxylation sites is 4. The monoisotopic (exact) mass is 2040 g/mol. The largest absolute Gasteiger partial charge is 2.00 e. The molecular weight excluding hydrogens is 1960 g/mol. The summed E-state index contributed by atoms with van der Waals surface area (Å²) in [4.78, 5) is 28.7. The molecule has 0 radical (unpaired) electrons. The number of benzene rings is 17. The SMILES string of the molecule is Cc1cnc(-c2[c-]c(N(c3[c-]c(-c4cc(-c5ccc6ccccc6c5)c(C)cn4)ccc3)c3ccc(N(c4ccccc4)c4ccccc4)cc3)ccc2)cc1-c1ccc2ccccc2c1.Cc1cnc(-c2[c-]c(N(c3[c-]c(-c4ccccn4)ccc3)c3ccc(N(c4ccccc4)c4ccccc4)cc3)cc(-c3ccccc3)c2)cc1-c1ccc(-c2ccccc2)cc1.[Pt+2].[Pt+2]. The summed E-state index contributed by atoms with van der Waals surface area (Å²) >= 11 is 0. The third-order valence-electron chi connectivity index (χ3n) is 23.6. The van der Waals surface area contributed by atoms with Gasteiger partial charge in [0.15, 0.2) is 0 Å². The van der Waals surface area contributed by atoms with Crippen molar-refractivity contribution in [2.75, 3.05) is 19.6 Å². The molecule has 0 aliphatic rings. The van der Waals surface area contributed by atoms with Crippen LogP contribution in [0.25, 0.3) is 122 Å². The van der Waals surface area contributed by atoms with Gasteiger partial charge in [0.1, 0.15) is 0 Å². The van der Waals surface area contributed by atoms with Gasteiger partial charge in [0, 0.05) is 70.3 Å². The van der Waals surface area contributed by atoms with Crippen LogP contribution in [-0.2, 0) is 42.1 Å². The van der Waals surface area contributed by atoms with E-state index in [0.29, 0.717) is 0 Å². The summed E-state index contributed by atoms with van der Waals surface area (Å²) in [7, 11) is 0. The minimum absolute atomic E-state index is 0. The number of rotatable bonds is 21. The van der Waals surface area contributed by atoms with Crippen molar-refractivity contribution in [3.8, 4) is 101 Å². The molecule has 0 saturated carbocycles. The number of aromatic nitrogens is 4. The number of pyridine rings is 4. The molecule has 10 heteroatoms. The first-order valence-corrected chi connectivity index (χ1v) is 43.4. The predicted molar refractivity (Wildman–Crippen MR) is 536 cm³/mol. The van der Waals surface area contributed by atoms with Gasteiger partial charge in [-0.3, -0.25) is 0 Å². The Bertz CT molecular complexity index is 7250. The number of aryl methyl sites for hydroxylation is 3. The number of hydrogen-bond acceptors (Lipinski definition) is 8. The Morgan fingerprint density at radius 2 is 0.481 bits per heavy atom. The second kappa shape index (κ2) is 39.8. The molecule has 0 saturated heterocycles. The van der Waals surface area contributed by atoms with Crippen LogP contribution in [0.2, 0.25) is 0 Å². The number of hydrogen-bond donors (Lipinski definition) is 0. The van der Waals surface area contributed by atoms with Crippen molar-refractivity contribution in [1.82, 2.24) is 19.9 Å². The average Bonchev–Trinajstić information content (AvgIpc) is 0.774. The fraction of sp³-hybridized carbons (Fsp3) is 0.0248. The van der Waals surface area contributed by atoms with Gasteiger partial charge >= 0.3 is 42.1 Å². The van der Waals surface area contributed by atoms with E-state index in [1.54, 1.807) is 0 Å². The normalized spacial score (nSPS) is 10.9. The Hall–Kier alpha value is -15.6. The van der Waals surface area contributed by atoms with Crippen LogP contribution in [0.15, 0.2) is 468 Å². The summed E-state index contributed by atoms with van der Waals surface area (Å²) in [6.07, 6.45) is 7.74. The molecule has 21 rings (SSSR count). The van der Waals surface area contributed by atoms with Crippen LogP contribution in [-0.4, -0.2) is 19.9 Å². The number of nitrogens with zero attached hydrogens (tertiary/aromatic N) is 8. The molecule has 0 spiro atoms. The summed E-state index contributed by atoms with van der Waals surface area (Å²) in [5.74, 6) is 0. The Kier molecular flexibility index (Phi) is 26.2. The zero-order chi connectivity index (χ0) is 86.8. The van der Waals surface area contributed by atoms with Crippen LogP contribution in [0.3, 0.4) is 0 Å². The van der Waals surface area contributed by atoms with E-state index in [1.807, 2.05) is 61.2 Å². The van der Waals surface area contributed by atoms with E-state index in [-0.39, 0.29) is 42.1 Å². The van der Waals surface area contributed by atoms with Crippen molar-refractivity contribution >= 4 is 89.8 Å². The Morgan fingerprint density at radius 3 is 0.878 bits per heavy atom. The van der Waals surface area contributed by atoms with Gasteiger partial charge in [0.2, 0.25) is 0 Å². The van der Waals surface area contributed by atoms with Crippen LogP contribution >= 0.6 is 0 Å². The van der Waals surface area contributed by atoms with Gasteiger partial charge in [-0.25, -0.2) is 0 Å². The van der Waals surface area contributed by atoms with Gasteiger partial charge in [0.05, 0.1) is 0 Å². The molecule has 0 bridgehead atoms. The Balaban J connectivity index is 0.000000174. The topological polar surface area (TPSA) is 64.5 Å². The quantitative estimate of drug-likeness (QED) is 0.0660. The third-order valence-corrected chi connectivity index (χ3v) is 23.6. The van der Waals surface area contributed by atoms with Crippen LogP contribution < -0.4 is 19.6 Å². The standard InChI is InChI=1S/C62H44N4.C59H42N4.2Pt/c1-43-41-63-61(39-59(43)49-29-27-45-15-9-11-17-47(45)35-49)51-19-13-25-57(37-51)66(56-33-31-55(32-34-56)65(53-21-5-3-6-22-53)54-23-7-4-8-24-54)58-26-14-20-52(38-58)62-40-60(44(2)42-64-62)50-30-28-46-16-10-12-18-48(46)36-50;1-43-42-61-59(41-57(43)47-30-28-46(29-31-47)44-17-6-2-7-18-44)50-37-49(45-19-8-3-9-20-45)39-56(40-50)63(55-26-16-21-48(38-55)58-27-14-15-36-60-58)54-34-32-53(33-35-54)62(51-22-10-4-11-23-51)52-24-12-5-13-25-52;;/h3-36,39-42H,1-2H3;2-37,39,41-42H,1H3;;/q2*-2;2*+2. The van der Waals surface area contributed by atoms with Crippen molar-refractivity contribution in [3.63, 3.8) is 0 Å². The second-order valence-electron chi connectivity index (χ2n) is 32.0. The van der Waals surface area contributed by atoms with Gasteiger partial charge in [-0.2, -0.15) is 0 Å². The summed E-state index contributed by atoms with van der Waals surface area (Å²) < 4.78 is 0. The van der Waals surface area contributed by atoms with E-state index in [0.717, 1.165) is 174 Å². The van der Waals surface area contributed by atoms with Gasteiger partial charge in [0.25, 0.3) is 0 Å². The van der Waals surface area contributed by atoms with Crippen molar-refractivity contribution in [1.29, 1.82) is 0 Å². The molecule has 0 unspecified atom stereocenters. The zero-order valence-electron chi connectivity index (χ0n) is 72.2. The minimum atomic E-state index is 0. The van der Waals surface area contributed by atoms with E-state index in [4.69, 9.17) is 15.0 Å². The summed E-state index contributed by atoms with van der Waals surface area (Å²) in [5, 5.41) is 4.87. The average molecular weight is 2040 g/mol. The van der Waals surface area contributed by atoms with E-state index >= 15 is 0 Å². The molecule has 8 nitrogen and oxygen atoms in total. The molecule has 0 fully saturated rings. The van der Waals surface area contributed by atoms with Crippen LogP contribution in [0, 0.1) is 45.0 Å². The summed E-state index contributed by atoms with van der Waals surface area (Å²) in [6.45, 7) is 6.37. The molecule has 630 valence electrons. The maximum atomic E-state index is 5.05. The summed E-state index contributed by atoms with van der Waals surface area (Å²) in [5.41, 5.74) is 33.5. The second-order valence-corrected chi connectivity index (χ2v) is 32.0. The van der Waals surface area contributed by atoms with E-state index in [9.17, 15) is 0 Å². The first-order valence-electron chi connectivity index (χ1n) is 43.4. The molecule has 17 aromatic carbocycles. The number of fused-ring (bicyclic) bond motifs is 2.